The van der Waals surface area contributed by atoms with Crippen LogP contribution in [0.1, 0.15) is 26.3 Å². The van der Waals surface area contributed by atoms with Crippen LogP contribution in [-0.2, 0) is 6.42 Å². The number of hydrogen-bond donors (Lipinski definition) is 1. The number of benzene rings is 1. The average molecular weight is 205 g/mol. The van der Waals surface area contributed by atoms with E-state index in [1.54, 1.807) is 7.11 Å². The van der Waals surface area contributed by atoms with E-state index in [2.05, 4.69) is 32.2 Å². The molecule has 1 unspecified atom stereocenters. The molecule has 0 radical (unpaired) electrons. The lowest BCUT2D eigenvalue weighted by Crippen LogP contribution is -2.31. The lowest BCUT2D eigenvalue weighted by molar-refractivity contribution is 0.344. The summed E-state index contributed by atoms with van der Waals surface area (Å²) in [7, 11) is 1.74. The highest BCUT2D eigenvalue weighted by Gasteiger charge is 2.31. The Bertz CT molecular complexity index is 365. The summed E-state index contributed by atoms with van der Waals surface area (Å²) in [5, 5.41) is 3.57. The van der Waals surface area contributed by atoms with Gasteiger partial charge in [-0.15, -0.1) is 0 Å². The molecule has 1 atom stereocenters. The summed E-state index contributed by atoms with van der Waals surface area (Å²) in [5.74, 6) is 1.01. The second kappa shape index (κ2) is 3.44. The van der Waals surface area contributed by atoms with Crippen molar-refractivity contribution < 1.29 is 4.74 Å². The van der Waals surface area contributed by atoms with Crippen LogP contribution in [-0.4, -0.2) is 13.2 Å². The molecule has 2 heteroatoms. The molecule has 0 amide bonds. The van der Waals surface area contributed by atoms with E-state index >= 15 is 0 Å². The van der Waals surface area contributed by atoms with E-state index in [4.69, 9.17) is 4.74 Å². The molecule has 2 nitrogen and oxygen atoms in total. The Morgan fingerprint density at radius 2 is 2.07 bits per heavy atom. The van der Waals surface area contributed by atoms with Gasteiger partial charge in [-0.25, -0.2) is 0 Å². The number of methoxy groups -OCH3 is 1. The first-order valence-corrected chi connectivity index (χ1v) is 5.45. The lowest BCUT2D eigenvalue weighted by atomic mass is 9.85. The third-order valence-electron chi connectivity index (χ3n) is 3.14. The topological polar surface area (TPSA) is 21.3 Å². The molecule has 1 aromatic rings. The van der Waals surface area contributed by atoms with Gasteiger partial charge in [-0.05, 0) is 24.0 Å². The Morgan fingerprint density at radius 1 is 1.33 bits per heavy atom. The van der Waals surface area contributed by atoms with Crippen LogP contribution in [0.2, 0.25) is 0 Å². The van der Waals surface area contributed by atoms with Gasteiger partial charge >= 0.3 is 0 Å². The van der Waals surface area contributed by atoms with Crippen molar-refractivity contribution in [2.75, 3.05) is 12.4 Å². The van der Waals surface area contributed by atoms with Gasteiger partial charge in [-0.1, -0.05) is 26.8 Å². The molecule has 1 aromatic carbocycles. The lowest BCUT2D eigenvalue weighted by Gasteiger charge is -2.27. The van der Waals surface area contributed by atoms with Gasteiger partial charge in [0.2, 0.25) is 0 Å². The van der Waals surface area contributed by atoms with Crippen LogP contribution >= 0.6 is 0 Å². The molecule has 15 heavy (non-hydrogen) atoms. The Balaban J connectivity index is 2.31. The number of nitrogens with one attached hydrogen (secondary N) is 1. The SMILES string of the molecule is COc1cccc2c1CC(C(C)(C)C)N2. The Labute approximate surface area is 91.6 Å². The highest BCUT2D eigenvalue weighted by Crippen LogP contribution is 2.38. The van der Waals surface area contributed by atoms with Crippen LogP contribution in [0.25, 0.3) is 0 Å². The fraction of sp³-hybridized carbons (Fsp3) is 0.538. The summed E-state index contributed by atoms with van der Waals surface area (Å²) >= 11 is 0. The van der Waals surface area contributed by atoms with Gasteiger partial charge in [0.25, 0.3) is 0 Å². The van der Waals surface area contributed by atoms with E-state index in [-0.39, 0.29) is 5.41 Å². The molecule has 0 spiro atoms. The van der Waals surface area contributed by atoms with Gasteiger partial charge < -0.3 is 10.1 Å². The second-order valence-corrected chi connectivity index (χ2v) is 5.25. The van der Waals surface area contributed by atoms with E-state index in [0.29, 0.717) is 6.04 Å². The quantitative estimate of drug-likeness (QED) is 0.760. The monoisotopic (exact) mass is 205 g/mol. The van der Waals surface area contributed by atoms with Crippen molar-refractivity contribution in [3.8, 4) is 5.75 Å². The number of anilines is 1. The first-order valence-electron chi connectivity index (χ1n) is 5.45. The molecule has 82 valence electrons. The summed E-state index contributed by atoms with van der Waals surface area (Å²) < 4.78 is 5.38. The third-order valence-corrected chi connectivity index (χ3v) is 3.14. The highest BCUT2D eigenvalue weighted by atomic mass is 16.5. The molecule has 1 heterocycles. The molecule has 0 bridgehead atoms. The predicted molar refractivity (Wildman–Crippen MR) is 63.6 cm³/mol. The van der Waals surface area contributed by atoms with Crippen molar-refractivity contribution in [1.82, 2.24) is 0 Å². The van der Waals surface area contributed by atoms with Crippen molar-refractivity contribution in [2.45, 2.75) is 33.2 Å². The molecule has 0 saturated heterocycles. The normalized spacial score (nSPS) is 19.6. The Hall–Kier alpha value is -1.18. The van der Waals surface area contributed by atoms with Crippen molar-refractivity contribution in [3.63, 3.8) is 0 Å². The fourth-order valence-electron chi connectivity index (χ4n) is 2.07. The number of rotatable bonds is 1. The molecule has 0 fully saturated rings. The third kappa shape index (κ3) is 1.81. The zero-order valence-electron chi connectivity index (χ0n) is 9.92. The van der Waals surface area contributed by atoms with Crippen molar-refractivity contribution in [3.05, 3.63) is 23.8 Å². The molecule has 0 saturated carbocycles. The van der Waals surface area contributed by atoms with Crippen LogP contribution in [0.5, 0.6) is 5.75 Å². The van der Waals surface area contributed by atoms with Gasteiger partial charge in [0.15, 0.2) is 0 Å². The number of ether oxygens (including phenoxy) is 1. The fourth-order valence-corrected chi connectivity index (χ4v) is 2.07. The minimum absolute atomic E-state index is 0.282. The van der Waals surface area contributed by atoms with Gasteiger partial charge in [0.05, 0.1) is 7.11 Å². The van der Waals surface area contributed by atoms with Gasteiger partial charge in [0, 0.05) is 17.3 Å². The second-order valence-electron chi connectivity index (χ2n) is 5.25. The minimum Gasteiger partial charge on any atom is -0.496 e. The van der Waals surface area contributed by atoms with Crippen LogP contribution in [0.4, 0.5) is 5.69 Å². The molecule has 1 aliphatic rings. The van der Waals surface area contributed by atoms with Crippen molar-refractivity contribution >= 4 is 5.69 Å². The summed E-state index contributed by atoms with van der Waals surface area (Å²) in [4.78, 5) is 0. The van der Waals surface area contributed by atoms with Gasteiger partial charge in [0.1, 0.15) is 5.75 Å². The highest BCUT2D eigenvalue weighted by molar-refractivity contribution is 5.62. The maximum Gasteiger partial charge on any atom is 0.124 e. The standard InChI is InChI=1S/C13H19NO/c1-13(2,3)12-8-9-10(14-12)6-5-7-11(9)15-4/h5-7,12,14H,8H2,1-4H3. The molecule has 0 aromatic heterocycles. The molecular formula is C13H19NO. The maximum absolute atomic E-state index is 5.38. The smallest absolute Gasteiger partial charge is 0.124 e. The zero-order chi connectivity index (χ0) is 11.1. The number of fused-ring (bicyclic) bond motifs is 1. The summed E-state index contributed by atoms with van der Waals surface area (Å²) in [6.45, 7) is 6.80. The van der Waals surface area contributed by atoms with E-state index in [1.807, 2.05) is 12.1 Å². The summed E-state index contributed by atoms with van der Waals surface area (Å²) in [5.41, 5.74) is 2.83. The van der Waals surface area contributed by atoms with Crippen LogP contribution in [0, 0.1) is 5.41 Å². The molecule has 2 rings (SSSR count). The maximum atomic E-state index is 5.38. The van der Waals surface area contributed by atoms with Crippen molar-refractivity contribution in [2.24, 2.45) is 5.41 Å². The Kier molecular flexibility index (Phi) is 2.37. The predicted octanol–water partition coefficient (Wildman–Crippen LogP) is 3.08. The largest absolute Gasteiger partial charge is 0.496 e. The molecule has 1 aliphatic heterocycles. The van der Waals surface area contributed by atoms with Crippen LogP contribution in [0.15, 0.2) is 18.2 Å². The number of hydrogen-bond acceptors (Lipinski definition) is 2. The first kappa shape index (κ1) is 10.3. The minimum atomic E-state index is 0.282. The van der Waals surface area contributed by atoms with Crippen LogP contribution < -0.4 is 10.1 Å². The Morgan fingerprint density at radius 3 is 2.67 bits per heavy atom. The van der Waals surface area contributed by atoms with E-state index < -0.39 is 0 Å². The molecule has 1 N–H and O–H groups in total. The zero-order valence-corrected chi connectivity index (χ0v) is 9.92. The van der Waals surface area contributed by atoms with Crippen LogP contribution in [0.3, 0.4) is 0 Å². The van der Waals surface area contributed by atoms with Gasteiger partial charge in [-0.2, -0.15) is 0 Å². The van der Waals surface area contributed by atoms with E-state index in [0.717, 1.165) is 12.2 Å². The summed E-state index contributed by atoms with van der Waals surface area (Å²) in [6.07, 6.45) is 1.06. The van der Waals surface area contributed by atoms with E-state index in [1.165, 1.54) is 11.3 Å². The average Bonchev–Trinajstić information content (AvgIpc) is 2.59. The molecule has 0 aliphatic carbocycles. The summed E-state index contributed by atoms with van der Waals surface area (Å²) in [6, 6.07) is 6.70. The van der Waals surface area contributed by atoms with E-state index in [9.17, 15) is 0 Å². The van der Waals surface area contributed by atoms with Gasteiger partial charge in [-0.3, -0.25) is 0 Å². The van der Waals surface area contributed by atoms with Crippen molar-refractivity contribution in [1.29, 1.82) is 0 Å². The first-order chi connectivity index (χ1) is 7.02. The molecular weight excluding hydrogens is 186 g/mol.